The number of fused-ring (bicyclic) bond motifs is 1. The zero-order valence-corrected chi connectivity index (χ0v) is 16.9. The molecular weight excluding hydrogens is 382 g/mol. The van der Waals surface area contributed by atoms with Crippen LogP contribution in [0, 0.1) is 0 Å². The summed E-state index contributed by atoms with van der Waals surface area (Å²) in [6, 6.07) is 5.45. The Kier molecular flexibility index (Phi) is 6.56. The smallest absolute Gasteiger partial charge is 0.224 e. The van der Waals surface area contributed by atoms with Crippen molar-refractivity contribution in [1.82, 2.24) is 9.62 Å². The average Bonchev–Trinajstić information content (AvgIpc) is 2.65. The molecule has 28 heavy (non-hydrogen) atoms. The standard InChI is InChI=1S/C19H27N3O5S/c1-28(25,26)22-10-2-4-15(13-22)20-18(23)5-3-11-27-16-7-8-17-14(12-16)6-9-19(24)21-17/h7-8,12,15H,2-6,9-11,13H2,1H3,(H,20,23)(H,21,24). The lowest BCUT2D eigenvalue weighted by Gasteiger charge is -2.31. The number of piperidine rings is 1. The van der Waals surface area contributed by atoms with E-state index in [1.165, 1.54) is 10.6 Å². The van der Waals surface area contributed by atoms with Gasteiger partial charge in [0, 0.05) is 37.7 Å². The van der Waals surface area contributed by atoms with Gasteiger partial charge in [-0.05, 0) is 49.4 Å². The molecule has 8 nitrogen and oxygen atoms in total. The molecule has 9 heteroatoms. The van der Waals surface area contributed by atoms with Gasteiger partial charge in [0.2, 0.25) is 21.8 Å². The Balaban J connectivity index is 1.38. The number of hydrogen-bond donors (Lipinski definition) is 2. The lowest BCUT2D eigenvalue weighted by molar-refractivity contribution is -0.122. The van der Waals surface area contributed by atoms with E-state index < -0.39 is 10.0 Å². The van der Waals surface area contributed by atoms with Gasteiger partial charge in [0.15, 0.2) is 0 Å². The van der Waals surface area contributed by atoms with Gasteiger partial charge in [0.1, 0.15) is 5.75 Å². The number of hydrogen-bond acceptors (Lipinski definition) is 5. The van der Waals surface area contributed by atoms with Crippen LogP contribution < -0.4 is 15.4 Å². The van der Waals surface area contributed by atoms with Gasteiger partial charge in [0.05, 0.1) is 12.9 Å². The predicted octanol–water partition coefficient (Wildman–Crippen LogP) is 1.27. The van der Waals surface area contributed by atoms with Crippen LogP contribution in [0.3, 0.4) is 0 Å². The lowest BCUT2D eigenvalue weighted by atomic mass is 10.0. The van der Waals surface area contributed by atoms with Crippen molar-refractivity contribution in [3.05, 3.63) is 23.8 Å². The van der Waals surface area contributed by atoms with E-state index in [-0.39, 0.29) is 17.9 Å². The van der Waals surface area contributed by atoms with E-state index in [1.807, 2.05) is 18.2 Å². The Hall–Kier alpha value is -2.13. The lowest BCUT2D eigenvalue weighted by Crippen LogP contribution is -2.49. The third kappa shape index (κ3) is 5.68. The number of aryl methyl sites for hydroxylation is 1. The quantitative estimate of drug-likeness (QED) is 0.660. The summed E-state index contributed by atoms with van der Waals surface area (Å²) in [5.74, 6) is 0.674. The summed E-state index contributed by atoms with van der Waals surface area (Å²) in [6.07, 6.45) is 4.82. The molecule has 0 aliphatic carbocycles. The first-order valence-electron chi connectivity index (χ1n) is 9.61. The van der Waals surface area contributed by atoms with Crippen molar-refractivity contribution in [2.45, 2.75) is 44.6 Å². The van der Waals surface area contributed by atoms with Crippen molar-refractivity contribution < 1.29 is 22.7 Å². The highest BCUT2D eigenvalue weighted by molar-refractivity contribution is 7.88. The molecule has 1 saturated heterocycles. The Morgan fingerprint density at radius 2 is 2.18 bits per heavy atom. The van der Waals surface area contributed by atoms with Crippen LogP contribution in [0.5, 0.6) is 5.75 Å². The SMILES string of the molecule is CS(=O)(=O)N1CCCC(NC(=O)CCCOc2ccc3c(c2)CCC(=O)N3)C1. The molecule has 2 amide bonds. The van der Waals surface area contributed by atoms with Gasteiger partial charge in [-0.1, -0.05) is 0 Å². The minimum atomic E-state index is -3.22. The van der Waals surface area contributed by atoms with Gasteiger partial charge >= 0.3 is 0 Å². The van der Waals surface area contributed by atoms with E-state index in [4.69, 9.17) is 4.74 Å². The first-order valence-corrected chi connectivity index (χ1v) is 11.5. The molecule has 0 spiro atoms. The van der Waals surface area contributed by atoms with Gasteiger partial charge < -0.3 is 15.4 Å². The van der Waals surface area contributed by atoms with Gasteiger partial charge in [-0.25, -0.2) is 12.7 Å². The largest absolute Gasteiger partial charge is 0.494 e. The molecule has 0 aromatic heterocycles. The summed E-state index contributed by atoms with van der Waals surface area (Å²) >= 11 is 0. The number of nitrogens with one attached hydrogen (secondary N) is 2. The summed E-state index contributed by atoms with van der Waals surface area (Å²) in [4.78, 5) is 23.5. The van der Waals surface area contributed by atoms with Gasteiger partial charge in [0.25, 0.3) is 0 Å². The molecule has 1 aromatic rings. The van der Waals surface area contributed by atoms with Gasteiger partial charge in [-0.3, -0.25) is 9.59 Å². The van der Waals surface area contributed by atoms with Crippen molar-refractivity contribution in [3.63, 3.8) is 0 Å². The Morgan fingerprint density at radius 3 is 2.96 bits per heavy atom. The first kappa shape index (κ1) is 20.6. The number of benzene rings is 1. The zero-order valence-electron chi connectivity index (χ0n) is 16.1. The monoisotopic (exact) mass is 409 g/mol. The van der Waals surface area contributed by atoms with Gasteiger partial charge in [-0.15, -0.1) is 0 Å². The van der Waals surface area contributed by atoms with E-state index in [0.29, 0.717) is 45.4 Å². The number of sulfonamides is 1. The molecule has 2 aliphatic rings. The van der Waals surface area contributed by atoms with E-state index >= 15 is 0 Å². The second-order valence-corrected chi connectivity index (χ2v) is 9.33. The molecule has 2 heterocycles. The highest BCUT2D eigenvalue weighted by Gasteiger charge is 2.26. The number of rotatable bonds is 7. The fourth-order valence-corrected chi connectivity index (χ4v) is 4.45. The number of amides is 2. The summed E-state index contributed by atoms with van der Waals surface area (Å²) in [7, 11) is -3.22. The highest BCUT2D eigenvalue weighted by Crippen LogP contribution is 2.26. The summed E-state index contributed by atoms with van der Waals surface area (Å²) in [6.45, 7) is 1.27. The molecule has 154 valence electrons. The molecule has 1 aromatic carbocycles. The Bertz CT molecular complexity index is 840. The summed E-state index contributed by atoms with van der Waals surface area (Å²) in [5, 5.41) is 5.76. The van der Waals surface area contributed by atoms with Crippen LogP contribution in [0.25, 0.3) is 0 Å². The molecular formula is C19H27N3O5S. The Morgan fingerprint density at radius 1 is 1.36 bits per heavy atom. The maximum atomic E-state index is 12.1. The van der Waals surface area contributed by atoms with E-state index in [1.54, 1.807) is 0 Å². The molecule has 1 fully saturated rings. The van der Waals surface area contributed by atoms with Crippen molar-refractivity contribution in [2.75, 3.05) is 31.3 Å². The molecule has 3 rings (SSSR count). The number of nitrogens with zero attached hydrogens (tertiary/aromatic N) is 1. The van der Waals surface area contributed by atoms with Crippen molar-refractivity contribution in [1.29, 1.82) is 0 Å². The molecule has 0 radical (unpaired) electrons. The predicted molar refractivity (Wildman–Crippen MR) is 106 cm³/mol. The minimum Gasteiger partial charge on any atom is -0.494 e. The molecule has 0 bridgehead atoms. The number of carbonyl (C=O) groups excluding carboxylic acids is 2. The number of carbonyl (C=O) groups is 2. The second-order valence-electron chi connectivity index (χ2n) is 7.35. The van der Waals surface area contributed by atoms with Crippen LogP contribution in [-0.2, 0) is 26.0 Å². The average molecular weight is 410 g/mol. The maximum Gasteiger partial charge on any atom is 0.224 e. The number of ether oxygens (including phenoxy) is 1. The normalized spacial score (nSPS) is 20.2. The molecule has 2 aliphatic heterocycles. The van der Waals surface area contributed by atoms with Crippen LogP contribution in [0.4, 0.5) is 5.69 Å². The van der Waals surface area contributed by atoms with Crippen molar-refractivity contribution in [3.8, 4) is 5.75 Å². The third-order valence-electron chi connectivity index (χ3n) is 5.01. The minimum absolute atomic E-state index is 0.0322. The third-order valence-corrected chi connectivity index (χ3v) is 6.28. The van der Waals surface area contributed by atoms with Crippen LogP contribution >= 0.6 is 0 Å². The second kappa shape index (κ2) is 8.91. The van der Waals surface area contributed by atoms with E-state index in [9.17, 15) is 18.0 Å². The van der Waals surface area contributed by atoms with Crippen molar-refractivity contribution >= 4 is 27.5 Å². The highest BCUT2D eigenvalue weighted by atomic mass is 32.2. The fraction of sp³-hybridized carbons (Fsp3) is 0.579. The van der Waals surface area contributed by atoms with Crippen LogP contribution in [0.2, 0.25) is 0 Å². The summed E-state index contributed by atoms with van der Waals surface area (Å²) in [5.41, 5.74) is 1.89. The first-order chi connectivity index (χ1) is 13.3. The van der Waals surface area contributed by atoms with Gasteiger partial charge in [-0.2, -0.15) is 0 Å². The van der Waals surface area contributed by atoms with Crippen LogP contribution in [-0.4, -0.2) is 56.5 Å². The van der Waals surface area contributed by atoms with E-state index in [0.717, 1.165) is 29.8 Å². The van der Waals surface area contributed by atoms with Crippen LogP contribution in [0.1, 0.15) is 37.7 Å². The molecule has 2 N–H and O–H groups in total. The Labute approximate surface area is 165 Å². The van der Waals surface area contributed by atoms with Crippen LogP contribution in [0.15, 0.2) is 18.2 Å². The number of anilines is 1. The summed E-state index contributed by atoms with van der Waals surface area (Å²) < 4.78 is 30.4. The fourth-order valence-electron chi connectivity index (χ4n) is 3.53. The van der Waals surface area contributed by atoms with E-state index in [2.05, 4.69) is 10.6 Å². The topological polar surface area (TPSA) is 105 Å². The zero-order chi connectivity index (χ0) is 20.1. The molecule has 1 unspecified atom stereocenters. The maximum absolute atomic E-state index is 12.1. The van der Waals surface area contributed by atoms with Crippen molar-refractivity contribution in [2.24, 2.45) is 0 Å². The molecule has 1 atom stereocenters. The molecule has 0 saturated carbocycles.